The first-order valence-electron chi connectivity index (χ1n) is 10.4. The third kappa shape index (κ3) is 6.87. The summed E-state index contributed by atoms with van der Waals surface area (Å²) in [6, 6.07) is 10.6. The molecule has 1 aliphatic heterocycles. The van der Waals surface area contributed by atoms with Crippen LogP contribution in [0.5, 0.6) is 5.75 Å². The number of hydrogen-bond donors (Lipinski definition) is 3. The van der Waals surface area contributed by atoms with Gasteiger partial charge in [0.25, 0.3) is 0 Å². The van der Waals surface area contributed by atoms with Crippen molar-refractivity contribution >= 4 is 28.9 Å². The fourth-order valence-corrected chi connectivity index (χ4v) is 3.25. The van der Waals surface area contributed by atoms with Crippen molar-refractivity contribution in [3.05, 3.63) is 48.7 Å². The van der Waals surface area contributed by atoms with Gasteiger partial charge in [0.1, 0.15) is 23.0 Å². The molecule has 3 rings (SSSR count). The van der Waals surface area contributed by atoms with E-state index < -0.39 is 0 Å². The van der Waals surface area contributed by atoms with Gasteiger partial charge in [-0.25, -0.2) is 4.98 Å². The molecule has 0 unspecified atom stereocenters. The Morgan fingerprint density at radius 3 is 2.61 bits per heavy atom. The highest BCUT2D eigenvalue weighted by molar-refractivity contribution is 5.90. The molecule has 0 atom stereocenters. The summed E-state index contributed by atoms with van der Waals surface area (Å²) in [5.74, 6) is 1.52. The normalized spacial score (nSPS) is 14.5. The predicted octanol–water partition coefficient (Wildman–Crippen LogP) is 3.74. The van der Waals surface area contributed by atoms with Crippen molar-refractivity contribution in [3.8, 4) is 5.75 Å². The summed E-state index contributed by atoms with van der Waals surface area (Å²) in [6.45, 7) is 7.15. The lowest BCUT2D eigenvalue weighted by Crippen LogP contribution is -2.32. The van der Waals surface area contributed by atoms with E-state index in [2.05, 4.69) is 32.0 Å². The van der Waals surface area contributed by atoms with E-state index in [9.17, 15) is 4.79 Å². The van der Waals surface area contributed by atoms with Crippen LogP contribution in [0.15, 0.2) is 59.0 Å². The molecule has 5 N–H and O–H groups in total. The third-order valence-electron chi connectivity index (χ3n) is 4.77. The highest BCUT2D eigenvalue weighted by atomic mass is 16.5. The number of para-hydroxylation sites is 1. The van der Waals surface area contributed by atoms with Crippen LogP contribution in [0.1, 0.15) is 25.7 Å². The van der Waals surface area contributed by atoms with Crippen molar-refractivity contribution < 1.29 is 9.53 Å². The molecule has 31 heavy (non-hydrogen) atoms. The summed E-state index contributed by atoms with van der Waals surface area (Å²) in [4.78, 5) is 18.1. The zero-order valence-corrected chi connectivity index (χ0v) is 17.6. The Morgan fingerprint density at radius 2 is 1.87 bits per heavy atom. The van der Waals surface area contributed by atoms with Gasteiger partial charge in [-0.2, -0.15) is 0 Å². The van der Waals surface area contributed by atoms with E-state index in [1.165, 1.54) is 19.3 Å². The minimum atomic E-state index is -0.223. The molecule has 164 valence electrons. The number of nitrogens with zero attached hydrogens (tertiary/aromatic N) is 4. The number of rotatable bonds is 9. The first-order valence-corrected chi connectivity index (χ1v) is 10.4. The molecule has 1 saturated heterocycles. The summed E-state index contributed by atoms with van der Waals surface area (Å²) in [6.07, 6.45) is 3.92. The van der Waals surface area contributed by atoms with Crippen LogP contribution >= 0.6 is 0 Å². The lowest BCUT2D eigenvalue weighted by molar-refractivity contribution is -0.116. The van der Waals surface area contributed by atoms with Gasteiger partial charge >= 0.3 is 0 Å². The van der Waals surface area contributed by atoms with Crippen molar-refractivity contribution in [1.82, 2.24) is 9.88 Å². The molecule has 2 aromatic rings. The average Bonchev–Trinajstić information content (AvgIpc) is 2.75. The van der Waals surface area contributed by atoms with E-state index in [-0.39, 0.29) is 24.7 Å². The van der Waals surface area contributed by atoms with Crippen molar-refractivity contribution in [1.29, 1.82) is 0 Å². The van der Waals surface area contributed by atoms with Crippen molar-refractivity contribution in [2.45, 2.75) is 25.7 Å². The number of benzene rings is 1. The maximum atomic E-state index is 11.6. The quantitative estimate of drug-likeness (QED) is 0.416. The largest absolute Gasteiger partial charge is 0.459 e. The Bertz CT molecular complexity index is 939. The predicted molar refractivity (Wildman–Crippen MR) is 122 cm³/mol. The number of azo groups is 1. The summed E-state index contributed by atoms with van der Waals surface area (Å²) >= 11 is 0. The Labute approximate surface area is 182 Å². The van der Waals surface area contributed by atoms with Gasteiger partial charge in [0, 0.05) is 13.0 Å². The summed E-state index contributed by atoms with van der Waals surface area (Å²) in [7, 11) is 0. The van der Waals surface area contributed by atoms with E-state index >= 15 is 0 Å². The van der Waals surface area contributed by atoms with Gasteiger partial charge in [0.2, 0.25) is 5.91 Å². The molecule has 1 amide bonds. The summed E-state index contributed by atoms with van der Waals surface area (Å²) in [5, 5.41) is 11.1. The van der Waals surface area contributed by atoms with Gasteiger partial charge in [-0.15, -0.1) is 10.2 Å². The van der Waals surface area contributed by atoms with Gasteiger partial charge < -0.3 is 21.5 Å². The second kappa shape index (κ2) is 11.2. The maximum Gasteiger partial charge on any atom is 0.226 e. The molecule has 0 radical (unpaired) electrons. The fraction of sp³-hybridized carbons (Fsp3) is 0.364. The maximum absolute atomic E-state index is 11.6. The number of anilines is 2. The molecule has 1 aromatic heterocycles. The molecular formula is C22H29N7O2. The number of amides is 1. The molecular weight excluding hydrogens is 394 g/mol. The van der Waals surface area contributed by atoms with Crippen LogP contribution in [0, 0.1) is 0 Å². The topological polar surface area (TPSA) is 131 Å². The zero-order valence-electron chi connectivity index (χ0n) is 17.6. The molecule has 1 aliphatic rings. The highest BCUT2D eigenvalue weighted by Crippen LogP contribution is 2.31. The number of pyridine rings is 1. The Kier molecular flexibility index (Phi) is 8.08. The minimum Gasteiger partial charge on any atom is -0.459 e. The lowest BCUT2D eigenvalue weighted by Gasteiger charge is -2.26. The monoisotopic (exact) mass is 423 g/mol. The van der Waals surface area contributed by atoms with Gasteiger partial charge in [-0.3, -0.25) is 9.69 Å². The van der Waals surface area contributed by atoms with Crippen molar-refractivity contribution in [2.75, 3.05) is 37.2 Å². The standard InChI is InChI=1S/C22H29N7O2/c1-16(15-29-13-5-2-6-14-29)31-19-8-4-3-7-17(19)27-28-18-9-10-20(26-22(18)24)25-21(30)11-12-23/h3-4,7-10H,1-2,5-6,11-15,23H2,(H3,24,25,26,30)/b28-27+. The van der Waals surface area contributed by atoms with E-state index in [1.54, 1.807) is 18.2 Å². The van der Waals surface area contributed by atoms with E-state index in [0.717, 1.165) is 13.1 Å². The van der Waals surface area contributed by atoms with E-state index in [1.807, 2.05) is 18.2 Å². The molecule has 1 aromatic carbocycles. The second-order valence-electron chi connectivity index (χ2n) is 7.33. The smallest absolute Gasteiger partial charge is 0.226 e. The summed E-state index contributed by atoms with van der Waals surface area (Å²) in [5.41, 5.74) is 12.3. The van der Waals surface area contributed by atoms with Crippen LogP contribution in [0.3, 0.4) is 0 Å². The molecule has 2 heterocycles. The molecule has 0 bridgehead atoms. The van der Waals surface area contributed by atoms with Crippen LogP contribution < -0.4 is 21.5 Å². The number of ether oxygens (including phenoxy) is 1. The minimum absolute atomic E-state index is 0.155. The van der Waals surface area contributed by atoms with Crippen LogP contribution in [0.25, 0.3) is 0 Å². The number of hydrogen-bond acceptors (Lipinski definition) is 8. The fourth-order valence-electron chi connectivity index (χ4n) is 3.25. The molecule has 9 heteroatoms. The number of piperidine rings is 1. The number of nitrogens with one attached hydrogen (secondary N) is 1. The first kappa shape index (κ1) is 22.4. The average molecular weight is 424 g/mol. The van der Waals surface area contributed by atoms with Crippen molar-refractivity contribution in [3.63, 3.8) is 0 Å². The number of nitrogen functional groups attached to an aromatic ring is 1. The SMILES string of the molecule is C=C(CN1CCCCC1)Oc1ccccc1/N=N/c1ccc(NC(=O)CCN)nc1N. The Morgan fingerprint density at radius 1 is 1.13 bits per heavy atom. The molecule has 0 aliphatic carbocycles. The van der Waals surface area contributed by atoms with Crippen LogP contribution in [-0.4, -0.2) is 42.0 Å². The van der Waals surface area contributed by atoms with Gasteiger partial charge in [0.05, 0.1) is 6.54 Å². The number of nitrogens with two attached hydrogens (primary N) is 2. The number of carbonyl (C=O) groups is 1. The number of aromatic nitrogens is 1. The molecule has 1 fully saturated rings. The lowest BCUT2D eigenvalue weighted by atomic mass is 10.1. The molecule has 0 saturated carbocycles. The highest BCUT2D eigenvalue weighted by Gasteiger charge is 2.13. The molecule has 9 nitrogen and oxygen atoms in total. The third-order valence-corrected chi connectivity index (χ3v) is 4.77. The first-order chi connectivity index (χ1) is 15.0. The van der Waals surface area contributed by atoms with Gasteiger partial charge in [-0.1, -0.05) is 25.1 Å². The number of carbonyl (C=O) groups excluding carboxylic acids is 1. The van der Waals surface area contributed by atoms with Gasteiger partial charge in [0.15, 0.2) is 11.6 Å². The zero-order chi connectivity index (χ0) is 22.1. The van der Waals surface area contributed by atoms with Gasteiger partial charge in [-0.05, 0) is 50.2 Å². The van der Waals surface area contributed by atoms with Crippen molar-refractivity contribution in [2.24, 2.45) is 16.0 Å². The van der Waals surface area contributed by atoms with E-state index in [0.29, 0.717) is 35.2 Å². The van der Waals surface area contributed by atoms with Crippen LogP contribution in [0.4, 0.5) is 23.0 Å². The Balaban J connectivity index is 1.65. The van der Waals surface area contributed by atoms with Crippen LogP contribution in [0.2, 0.25) is 0 Å². The van der Waals surface area contributed by atoms with Crippen LogP contribution in [-0.2, 0) is 4.79 Å². The summed E-state index contributed by atoms with van der Waals surface area (Å²) < 4.78 is 5.96. The van der Waals surface area contributed by atoms with E-state index in [4.69, 9.17) is 16.2 Å². The second-order valence-corrected chi connectivity index (χ2v) is 7.33. The molecule has 0 spiro atoms. The Hall–Kier alpha value is -3.30. The number of likely N-dealkylation sites (tertiary alicyclic amines) is 1.